The number of nitrogens with zero attached hydrogens (tertiary/aromatic N) is 2. The van der Waals surface area contributed by atoms with E-state index in [1.54, 1.807) is 0 Å². The van der Waals surface area contributed by atoms with Crippen LogP contribution in [0.5, 0.6) is 0 Å². The van der Waals surface area contributed by atoms with Crippen LogP contribution in [0.2, 0.25) is 0 Å². The van der Waals surface area contributed by atoms with Gasteiger partial charge in [0.05, 0.1) is 25.0 Å². The van der Waals surface area contributed by atoms with E-state index in [4.69, 9.17) is 18.7 Å². The van der Waals surface area contributed by atoms with Crippen molar-refractivity contribution in [2.24, 2.45) is 0 Å². The lowest BCUT2D eigenvalue weighted by molar-refractivity contribution is -0.164. The van der Waals surface area contributed by atoms with E-state index in [0.29, 0.717) is 6.61 Å². The Bertz CT molecular complexity index is 465. The summed E-state index contributed by atoms with van der Waals surface area (Å²) in [4.78, 5) is 2.40. The van der Waals surface area contributed by atoms with Gasteiger partial charge in [0.25, 0.3) is 0 Å². The molecule has 6 nitrogen and oxygen atoms in total. The summed E-state index contributed by atoms with van der Waals surface area (Å²) < 4.78 is 22.6. The van der Waals surface area contributed by atoms with E-state index >= 15 is 0 Å². The summed E-state index contributed by atoms with van der Waals surface area (Å²) in [6.07, 6.45) is 4.78. The van der Waals surface area contributed by atoms with Crippen molar-refractivity contribution in [3.63, 3.8) is 0 Å². The number of rotatable bonds is 7. The molecule has 1 aromatic rings. The predicted octanol–water partition coefficient (Wildman–Crippen LogP) is 2.43. The number of likely N-dealkylation sites (tertiary alicyclic amines) is 1. The highest BCUT2D eigenvalue weighted by Gasteiger charge is 2.24. The first-order chi connectivity index (χ1) is 11.2. The molecule has 2 saturated heterocycles. The van der Waals surface area contributed by atoms with Crippen LogP contribution in [0.3, 0.4) is 0 Å². The monoisotopic (exact) mass is 324 g/mol. The molecule has 2 atom stereocenters. The van der Waals surface area contributed by atoms with Crippen LogP contribution in [-0.2, 0) is 20.8 Å². The van der Waals surface area contributed by atoms with Gasteiger partial charge in [-0.2, -0.15) is 0 Å². The summed E-state index contributed by atoms with van der Waals surface area (Å²) in [5.74, 6) is 0.859. The summed E-state index contributed by atoms with van der Waals surface area (Å²) in [7, 11) is 0. The van der Waals surface area contributed by atoms with E-state index in [0.717, 1.165) is 69.1 Å². The van der Waals surface area contributed by atoms with E-state index in [9.17, 15) is 0 Å². The molecule has 0 saturated carbocycles. The standard InChI is InChI=1S/C17H28N2O4/c1-13-16(14(2)23-18-13)12-22-15-6-7-19(11-15)8-10-21-17-5-3-4-9-20-17/h15,17H,3-12H2,1-2H3/t15-,17+/m1/s1. The molecule has 0 amide bonds. The number of aromatic nitrogens is 1. The first-order valence-electron chi connectivity index (χ1n) is 8.71. The van der Waals surface area contributed by atoms with Crippen molar-refractivity contribution in [3.8, 4) is 0 Å². The normalized spacial score (nSPS) is 26.0. The zero-order valence-corrected chi connectivity index (χ0v) is 14.3. The van der Waals surface area contributed by atoms with E-state index in [2.05, 4.69) is 10.1 Å². The fraction of sp³-hybridized carbons (Fsp3) is 0.824. The molecule has 2 aliphatic rings. The summed E-state index contributed by atoms with van der Waals surface area (Å²) >= 11 is 0. The van der Waals surface area contributed by atoms with E-state index in [1.807, 2.05) is 13.8 Å². The second-order valence-corrected chi connectivity index (χ2v) is 6.49. The van der Waals surface area contributed by atoms with Crippen LogP contribution in [0.25, 0.3) is 0 Å². The van der Waals surface area contributed by atoms with Crippen molar-refractivity contribution < 1.29 is 18.7 Å². The van der Waals surface area contributed by atoms with Crippen molar-refractivity contribution in [2.45, 2.75) is 58.5 Å². The van der Waals surface area contributed by atoms with Crippen molar-refractivity contribution in [3.05, 3.63) is 17.0 Å². The maximum atomic E-state index is 6.03. The van der Waals surface area contributed by atoms with Gasteiger partial charge in [0.1, 0.15) is 5.76 Å². The van der Waals surface area contributed by atoms with Gasteiger partial charge in [0.2, 0.25) is 0 Å². The summed E-state index contributed by atoms with van der Waals surface area (Å²) in [6, 6.07) is 0. The maximum absolute atomic E-state index is 6.03. The molecule has 130 valence electrons. The number of hydrogen-bond acceptors (Lipinski definition) is 6. The molecule has 0 bridgehead atoms. The third-order valence-electron chi connectivity index (χ3n) is 4.72. The Hall–Kier alpha value is -0.950. The summed E-state index contributed by atoms with van der Waals surface area (Å²) in [6.45, 7) is 9.05. The number of ether oxygens (including phenoxy) is 3. The Kier molecular flexibility index (Phi) is 6.05. The number of hydrogen-bond donors (Lipinski definition) is 0. The summed E-state index contributed by atoms with van der Waals surface area (Å²) in [5, 5.41) is 3.97. The van der Waals surface area contributed by atoms with E-state index < -0.39 is 0 Å². The smallest absolute Gasteiger partial charge is 0.157 e. The van der Waals surface area contributed by atoms with Gasteiger partial charge in [0.15, 0.2) is 6.29 Å². The second-order valence-electron chi connectivity index (χ2n) is 6.49. The lowest BCUT2D eigenvalue weighted by Crippen LogP contribution is -2.30. The zero-order chi connectivity index (χ0) is 16.1. The van der Waals surface area contributed by atoms with Crippen molar-refractivity contribution in [1.29, 1.82) is 0 Å². The van der Waals surface area contributed by atoms with Gasteiger partial charge >= 0.3 is 0 Å². The summed E-state index contributed by atoms with van der Waals surface area (Å²) in [5.41, 5.74) is 2.01. The van der Waals surface area contributed by atoms with Crippen LogP contribution in [0.4, 0.5) is 0 Å². The molecule has 23 heavy (non-hydrogen) atoms. The van der Waals surface area contributed by atoms with Gasteiger partial charge in [-0.25, -0.2) is 0 Å². The second kappa shape index (κ2) is 8.24. The average molecular weight is 324 g/mol. The van der Waals surface area contributed by atoms with Gasteiger partial charge in [-0.05, 0) is 39.5 Å². The molecule has 0 unspecified atom stereocenters. The first-order valence-corrected chi connectivity index (χ1v) is 8.71. The third kappa shape index (κ3) is 4.76. The van der Waals surface area contributed by atoms with Crippen molar-refractivity contribution in [1.82, 2.24) is 10.1 Å². The van der Waals surface area contributed by atoms with Crippen LogP contribution in [0.15, 0.2) is 4.52 Å². The molecule has 0 radical (unpaired) electrons. The molecular formula is C17H28N2O4. The van der Waals surface area contributed by atoms with E-state index in [-0.39, 0.29) is 12.4 Å². The number of aryl methyl sites for hydroxylation is 2. The molecule has 0 aliphatic carbocycles. The van der Waals surface area contributed by atoms with Gasteiger partial charge in [-0.15, -0.1) is 0 Å². The van der Waals surface area contributed by atoms with Crippen LogP contribution in [0, 0.1) is 13.8 Å². The highest BCUT2D eigenvalue weighted by molar-refractivity contribution is 5.19. The highest BCUT2D eigenvalue weighted by atomic mass is 16.7. The van der Waals surface area contributed by atoms with Gasteiger partial charge in [-0.3, -0.25) is 4.90 Å². The minimum Gasteiger partial charge on any atom is -0.372 e. The van der Waals surface area contributed by atoms with E-state index in [1.165, 1.54) is 6.42 Å². The molecule has 0 aromatic carbocycles. The molecule has 2 aliphatic heterocycles. The Labute approximate surface area is 138 Å². The first kappa shape index (κ1) is 16.9. The highest BCUT2D eigenvalue weighted by Crippen LogP contribution is 2.19. The van der Waals surface area contributed by atoms with Crippen LogP contribution in [0.1, 0.15) is 42.7 Å². The largest absolute Gasteiger partial charge is 0.372 e. The molecule has 6 heteroatoms. The van der Waals surface area contributed by atoms with Crippen LogP contribution < -0.4 is 0 Å². The molecule has 3 heterocycles. The predicted molar refractivity (Wildman–Crippen MR) is 85.2 cm³/mol. The molecule has 3 rings (SSSR count). The lowest BCUT2D eigenvalue weighted by Gasteiger charge is -2.24. The maximum Gasteiger partial charge on any atom is 0.157 e. The average Bonchev–Trinajstić information content (AvgIpc) is 3.14. The minimum atomic E-state index is 0.0120. The molecule has 0 spiro atoms. The Morgan fingerprint density at radius 2 is 2.13 bits per heavy atom. The molecule has 0 N–H and O–H groups in total. The fourth-order valence-corrected chi connectivity index (χ4v) is 3.20. The fourth-order valence-electron chi connectivity index (χ4n) is 3.20. The Morgan fingerprint density at radius 1 is 1.22 bits per heavy atom. The zero-order valence-electron chi connectivity index (χ0n) is 14.3. The molecule has 2 fully saturated rings. The van der Waals surface area contributed by atoms with Crippen molar-refractivity contribution >= 4 is 0 Å². The van der Waals surface area contributed by atoms with Crippen LogP contribution >= 0.6 is 0 Å². The lowest BCUT2D eigenvalue weighted by atomic mass is 10.2. The topological polar surface area (TPSA) is 57.0 Å². The quantitative estimate of drug-likeness (QED) is 0.768. The van der Waals surface area contributed by atoms with Gasteiger partial charge < -0.3 is 18.7 Å². The van der Waals surface area contributed by atoms with Crippen LogP contribution in [-0.4, -0.2) is 55.3 Å². The SMILES string of the molecule is Cc1noc(C)c1CO[C@@H]1CCN(CCO[C@H]2CCCCO2)C1. The van der Waals surface area contributed by atoms with Crippen molar-refractivity contribution in [2.75, 3.05) is 32.8 Å². The van der Waals surface area contributed by atoms with Gasteiger partial charge in [-0.1, -0.05) is 5.16 Å². The Balaban J connectivity index is 1.32. The minimum absolute atomic E-state index is 0.0120. The van der Waals surface area contributed by atoms with Gasteiger partial charge in [0, 0.05) is 31.8 Å². The molecule has 1 aromatic heterocycles. The molecular weight excluding hydrogens is 296 g/mol. The third-order valence-corrected chi connectivity index (χ3v) is 4.72. The Morgan fingerprint density at radius 3 is 2.87 bits per heavy atom.